The van der Waals surface area contributed by atoms with Gasteiger partial charge in [0.25, 0.3) is 0 Å². The predicted octanol–water partition coefficient (Wildman–Crippen LogP) is 3.15. The van der Waals surface area contributed by atoms with Crippen LogP contribution in [0.2, 0.25) is 0 Å². The molecule has 1 aliphatic heterocycles. The number of carbonyl (C=O) groups is 1. The standard InChI is InChI=1S/C10H11ClO2S/c1-10(4-2-5-11)8-7(3-6-14-8)9(12)13-10/h3,6H,2,4-5H2,1H3. The lowest BCUT2D eigenvalue weighted by atomic mass is 9.98. The van der Waals surface area contributed by atoms with E-state index in [-0.39, 0.29) is 5.97 Å². The number of hydrogen-bond acceptors (Lipinski definition) is 3. The summed E-state index contributed by atoms with van der Waals surface area (Å²) in [5.74, 6) is 0.409. The van der Waals surface area contributed by atoms with Gasteiger partial charge < -0.3 is 4.74 Å². The summed E-state index contributed by atoms with van der Waals surface area (Å²) in [6, 6.07) is 1.83. The Morgan fingerprint density at radius 1 is 1.64 bits per heavy atom. The van der Waals surface area contributed by atoms with Crippen LogP contribution in [-0.4, -0.2) is 11.8 Å². The minimum atomic E-state index is -0.435. The SMILES string of the molecule is CC1(CCCCl)OC(=O)c2ccsc21. The predicted molar refractivity (Wildman–Crippen MR) is 57.0 cm³/mol. The largest absolute Gasteiger partial charge is 0.450 e. The summed E-state index contributed by atoms with van der Waals surface area (Å²) in [5.41, 5.74) is 0.294. The number of ether oxygens (including phenoxy) is 1. The van der Waals surface area contributed by atoms with Crippen LogP contribution in [0.5, 0.6) is 0 Å². The third-order valence-corrected chi connectivity index (χ3v) is 3.90. The van der Waals surface area contributed by atoms with Gasteiger partial charge in [0.05, 0.1) is 10.4 Å². The van der Waals surface area contributed by atoms with Crippen molar-refractivity contribution in [3.63, 3.8) is 0 Å². The van der Waals surface area contributed by atoms with Gasteiger partial charge in [0, 0.05) is 5.88 Å². The van der Waals surface area contributed by atoms with E-state index in [0.717, 1.165) is 23.3 Å². The number of rotatable bonds is 3. The lowest BCUT2D eigenvalue weighted by molar-refractivity contribution is -0.00207. The van der Waals surface area contributed by atoms with Gasteiger partial charge in [0.2, 0.25) is 0 Å². The molecule has 0 aliphatic carbocycles. The molecule has 1 aliphatic rings. The molecule has 0 fully saturated rings. The minimum absolute atomic E-state index is 0.196. The number of cyclic esters (lactones) is 1. The highest BCUT2D eigenvalue weighted by Gasteiger charge is 2.42. The first-order valence-electron chi connectivity index (χ1n) is 4.55. The number of esters is 1. The van der Waals surface area contributed by atoms with E-state index in [9.17, 15) is 4.79 Å². The van der Waals surface area contributed by atoms with Crippen molar-refractivity contribution in [3.05, 3.63) is 21.9 Å². The first-order valence-corrected chi connectivity index (χ1v) is 5.96. The van der Waals surface area contributed by atoms with Crippen molar-refractivity contribution in [2.75, 3.05) is 5.88 Å². The molecule has 2 rings (SSSR count). The van der Waals surface area contributed by atoms with Gasteiger partial charge in [-0.25, -0.2) is 4.79 Å². The van der Waals surface area contributed by atoms with E-state index in [1.54, 1.807) is 11.3 Å². The molecular formula is C10H11ClO2S. The Bertz CT molecular complexity index is 361. The van der Waals surface area contributed by atoms with Gasteiger partial charge in [0.1, 0.15) is 5.60 Å². The molecule has 14 heavy (non-hydrogen) atoms. The second kappa shape index (κ2) is 3.55. The molecule has 0 aromatic carbocycles. The highest BCUT2D eigenvalue weighted by Crippen LogP contribution is 2.42. The molecular weight excluding hydrogens is 220 g/mol. The van der Waals surface area contributed by atoms with Crippen LogP contribution in [0.1, 0.15) is 35.0 Å². The fourth-order valence-corrected chi connectivity index (χ4v) is 2.90. The molecule has 1 aromatic heterocycles. The van der Waals surface area contributed by atoms with Crippen LogP contribution < -0.4 is 0 Å². The second-order valence-electron chi connectivity index (χ2n) is 3.58. The van der Waals surface area contributed by atoms with E-state index >= 15 is 0 Å². The fraction of sp³-hybridized carbons (Fsp3) is 0.500. The van der Waals surface area contributed by atoms with E-state index in [1.165, 1.54) is 0 Å². The molecule has 0 radical (unpaired) electrons. The monoisotopic (exact) mass is 230 g/mol. The number of hydrogen-bond donors (Lipinski definition) is 0. The van der Waals surface area contributed by atoms with E-state index in [4.69, 9.17) is 16.3 Å². The quantitative estimate of drug-likeness (QED) is 0.589. The van der Waals surface area contributed by atoms with Crippen LogP contribution in [0.15, 0.2) is 11.4 Å². The zero-order chi connectivity index (χ0) is 10.2. The molecule has 0 N–H and O–H groups in total. The summed E-state index contributed by atoms with van der Waals surface area (Å²) in [7, 11) is 0. The third-order valence-electron chi connectivity index (χ3n) is 2.47. The van der Waals surface area contributed by atoms with E-state index in [0.29, 0.717) is 5.88 Å². The molecule has 1 atom stereocenters. The molecule has 0 amide bonds. The van der Waals surface area contributed by atoms with Crippen molar-refractivity contribution in [2.45, 2.75) is 25.4 Å². The van der Waals surface area contributed by atoms with Gasteiger partial charge in [0.15, 0.2) is 0 Å². The fourth-order valence-electron chi connectivity index (χ4n) is 1.75. The molecule has 1 unspecified atom stereocenters. The maximum Gasteiger partial charge on any atom is 0.340 e. The van der Waals surface area contributed by atoms with Crippen molar-refractivity contribution in [1.82, 2.24) is 0 Å². The van der Waals surface area contributed by atoms with Crippen LogP contribution in [-0.2, 0) is 10.3 Å². The average molecular weight is 231 g/mol. The number of carbonyl (C=O) groups excluding carboxylic acids is 1. The zero-order valence-electron chi connectivity index (χ0n) is 7.88. The summed E-state index contributed by atoms with van der Waals surface area (Å²) in [4.78, 5) is 12.5. The van der Waals surface area contributed by atoms with Crippen molar-refractivity contribution in [3.8, 4) is 0 Å². The van der Waals surface area contributed by atoms with Crippen molar-refractivity contribution >= 4 is 28.9 Å². The Hall–Kier alpha value is -0.540. The van der Waals surface area contributed by atoms with Crippen LogP contribution in [0, 0.1) is 0 Å². The lowest BCUT2D eigenvalue weighted by Gasteiger charge is -2.22. The van der Waals surface area contributed by atoms with Gasteiger partial charge in [-0.2, -0.15) is 0 Å². The third kappa shape index (κ3) is 1.44. The Morgan fingerprint density at radius 3 is 3.14 bits per heavy atom. The van der Waals surface area contributed by atoms with Crippen molar-refractivity contribution in [1.29, 1.82) is 0 Å². The molecule has 4 heteroatoms. The summed E-state index contributed by atoms with van der Waals surface area (Å²) in [6.07, 6.45) is 1.67. The van der Waals surface area contributed by atoms with E-state index < -0.39 is 5.60 Å². The normalized spacial score (nSPS) is 24.9. The number of thiophene rings is 1. The molecule has 0 spiro atoms. The number of halogens is 1. The van der Waals surface area contributed by atoms with Gasteiger partial charge in [-0.15, -0.1) is 22.9 Å². The van der Waals surface area contributed by atoms with Crippen LogP contribution in [0.3, 0.4) is 0 Å². The van der Waals surface area contributed by atoms with Crippen LogP contribution in [0.25, 0.3) is 0 Å². The summed E-state index contributed by atoms with van der Waals surface area (Å²) < 4.78 is 5.37. The van der Waals surface area contributed by atoms with Gasteiger partial charge in [-0.3, -0.25) is 0 Å². The first-order chi connectivity index (χ1) is 6.67. The zero-order valence-corrected chi connectivity index (χ0v) is 9.45. The van der Waals surface area contributed by atoms with Crippen LogP contribution >= 0.6 is 22.9 Å². The smallest absolute Gasteiger partial charge is 0.340 e. The minimum Gasteiger partial charge on any atom is -0.450 e. The second-order valence-corrected chi connectivity index (χ2v) is 4.87. The summed E-state index contributed by atoms with van der Waals surface area (Å²) in [6.45, 7) is 1.96. The Morgan fingerprint density at radius 2 is 2.43 bits per heavy atom. The molecule has 0 bridgehead atoms. The maximum atomic E-state index is 11.5. The molecule has 0 saturated carbocycles. The number of fused-ring (bicyclic) bond motifs is 1. The van der Waals surface area contributed by atoms with Crippen LogP contribution in [0.4, 0.5) is 0 Å². The first kappa shape index (κ1) is 9.99. The Kier molecular flexibility index (Phi) is 2.54. The highest BCUT2D eigenvalue weighted by molar-refractivity contribution is 7.10. The Balaban J connectivity index is 2.28. The number of alkyl halides is 1. The Labute approximate surface area is 91.8 Å². The molecule has 2 nitrogen and oxygen atoms in total. The highest BCUT2D eigenvalue weighted by atomic mass is 35.5. The van der Waals surface area contributed by atoms with Gasteiger partial charge >= 0.3 is 5.97 Å². The van der Waals surface area contributed by atoms with E-state index in [2.05, 4.69) is 0 Å². The van der Waals surface area contributed by atoms with Gasteiger partial charge in [-0.1, -0.05) is 0 Å². The van der Waals surface area contributed by atoms with Crippen molar-refractivity contribution < 1.29 is 9.53 Å². The topological polar surface area (TPSA) is 26.3 Å². The molecule has 2 heterocycles. The lowest BCUT2D eigenvalue weighted by Crippen LogP contribution is -2.21. The summed E-state index contributed by atoms with van der Waals surface area (Å²) in [5, 5.41) is 1.93. The van der Waals surface area contributed by atoms with Gasteiger partial charge in [-0.05, 0) is 31.2 Å². The molecule has 76 valence electrons. The van der Waals surface area contributed by atoms with E-state index in [1.807, 2.05) is 18.4 Å². The maximum absolute atomic E-state index is 11.5. The average Bonchev–Trinajstić information content (AvgIpc) is 2.69. The molecule has 1 aromatic rings. The summed E-state index contributed by atoms with van der Waals surface area (Å²) >= 11 is 7.23. The molecule has 0 saturated heterocycles. The van der Waals surface area contributed by atoms with Crippen molar-refractivity contribution in [2.24, 2.45) is 0 Å².